The quantitative estimate of drug-likeness (QED) is 0.852. The van der Waals surface area contributed by atoms with Crippen molar-refractivity contribution >= 4 is 23.2 Å². The van der Waals surface area contributed by atoms with Crippen LogP contribution in [0.5, 0.6) is 0 Å². The molecule has 0 atom stereocenters. The Balaban J connectivity index is 1.86. The summed E-state index contributed by atoms with van der Waals surface area (Å²) in [5.41, 5.74) is 0.961. The SMILES string of the molecule is CCCC(=O)N1CCN(C(=O)Cc2sc(C)nc2C)CC1. The van der Waals surface area contributed by atoms with Gasteiger partial charge in [0.05, 0.1) is 17.1 Å². The van der Waals surface area contributed by atoms with Crippen LogP contribution in [0.4, 0.5) is 0 Å². The summed E-state index contributed by atoms with van der Waals surface area (Å²) < 4.78 is 0. The van der Waals surface area contributed by atoms with Crippen molar-refractivity contribution in [2.75, 3.05) is 26.2 Å². The molecule has 0 radical (unpaired) electrons. The maximum absolute atomic E-state index is 12.3. The van der Waals surface area contributed by atoms with E-state index in [9.17, 15) is 9.59 Å². The lowest BCUT2D eigenvalue weighted by Crippen LogP contribution is -2.50. The molecule has 0 aliphatic carbocycles. The molecule has 0 N–H and O–H groups in total. The maximum Gasteiger partial charge on any atom is 0.228 e. The Labute approximate surface area is 130 Å². The van der Waals surface area contributed by atoms with Gasteiger partial charge < -0.3 is 9.80 Å². The molecule has 21 heavy (non-hydrogen) atoms. The van der Waals surface area contributed by atoms with E-state index in [4.69, 9.17) is 0 Å². The number of amides is 2. The van der Waals surface area contributed by atoms with Crippen molar-refractivity contribution in [3.05, 3.63) is 15.6 Å². The van der Waals surface area contributed by atoms with Crippen molar-refractivity contribution in [2.24, 2.45) is 0 Å². The highest BCUT2D eigenvalue weighted by atomic mass is 32.1. The minimum absolute atomic E-state index is 0.143. The monoisotopic (exact) mass is 309 g/mol. The van der Waals surface area contributed by atoms with E-state index in [0.717, 1.165) is 22.0 Å². The second-order valence-electron chi connectivity index (χ2n) is 5.43. The molecule has 0 saturated carbocycles. The van der Waals surface area contributed by atoms with Gasteiger partial charge in [-0.15, -0.1) is 11.3 Å². The first-order valence-electron chi connectivity index (χ1n) is 7.49. The zero-order valence-corrected chi connectivity index (χ0v) is 13.8. The molecule has 1 aromatic heterocycles. The number of hydrogen-bond acceptors (Lipinski definition) is 4. The molecule has 0 unspecified atom stereocenters. The highest BCUT2D eigenvalue weighted by molar-refractivity contribution is 7.11. The largest absolute Gasteiger partial charge is 0.339 e. The first-order valence-corrected chi connectivity index (χ1v) is 8.31. The summed E-state index contributed by atoms with van der Waals surface area (Å²) in [5.74, 6) is 0.350. The average molecular weight is 309 g/mol. The molecule has 1 aliphatic rings. The van der Waals surface area contributed by atoms with Crippen LogP contribution < -0.4 is 0 Å². The van der Waals surface area contributed by atoms with E-state index in [0.29, 0.717) is 39.0 Å². The van der Waals surface area contributed by atoms with E-state index < -0.39 is 0 Å². The van der Waals surface area contributed by atoms with E-state index in [2.05, 4.69) is 4.98 Å². The molecule has 2 heterocycles. The molecule has 0 aromatic carbocycles. The van der Waals surface area contributed by atoms with Crippen molar-refractivity contribution in [2.45, 2.75) is 40.0 Å². The first kappa shape index (κ1) is 15.9. The van der Waals surface area contributed by atoms with Gasteiger partial charge >= 0.3 is 0 Å². The summed E-state index contributed by atoms with van der Waals surface area (Å²) >= 11 is 1.60. The molecule has 6 heteroatoms. The second kappa shape index (κ2) is 7.02. The molecule has 1 aliphatic heterocycles. The lowest BCUT2D eigenvalue weighted by atomic mass is 10.2. The molecular formula is C15H23N3O2S. The van der Waals surface area contributed by atoms with E-state index in [-0.39, 0.29) is 11.8 Å². The third-order valence-electron chi connectivity index (χ3n) is 3.76. The van der Waals surface area contributed by atoms with Gasteiger partial charge in [-0.05, 0) is 20.3 Å². The van der Waals surface area contributed by atoms with Gasteiger partial charge in [0, 0.05) is 37.5 Å². The lowest BCUT2D eigenvalue weighted by molar-refractivity contribution is -0.139. The Morgan fingerprint density at radius 1 is 1.10 bits per heavy atom. The molecule has 2 rings (SSSR count). The highest BCUT2D eigenvalue weighted by Crippen LogP contribution is 2.19. The summed E-state index contributed by atoms with van der Waals surface area (Å²) in [4.78, 5) is 33.3. The number of thiazole rings is 1. The summed E-state index contributed by atoms with van der Waals surface area (Å²) in [5, 5.41) is 1.00. The zero-order valence-electron chi connectivity index (χ0n) is 13.0. The number of rotatable bonds is 4. The van der Waals surface area contributed by atoms with Gasteiger partial charge in [-0.25, -0.2) is 4.98 Å². The van der Waals surface area contributed by atoms with Crippen LogP contribution in [-0.2, 0) is 16.0 Å². The molecule has 1 aromatic rings. The number of hydrogen-bond donors (Lipinski definition) is 0. The van der Waals surface area contributed by atoms with Gasteiger partial charge in [-0.3, -0.25) is 9.59 Å². The van der Waals surface area contributed by atoms with Crippen LogP contribution in [0, 0.1) is 13.8 Å². The summed E-state index contributed by atoms with van der Waals surface area (Å²) in [6, 6.07) is 0. The third-order valence-corrected chi connectivity index (χ3v) is 4.83. The Kier molecular flexibility index (Phi) is 5.33. The molecule has 116 valence electrons. The predicted molar refractivity (Wildman–Crippen MR) is 83.4 cm³/mol. The minimum atomic E-state index is 0.143. The van der Waals surface area contributed by atoms with Gasteiger partial charge in [0.25, 0.3) is 0 Å². The Morgan fingerprint density at radius 2 is 1.67 bits per heavy atom. The number of nitrogens with zero attached hydrogens (tertiary/aromatic N) is 3. The van der Waals surface area contributed by atoms with Crippen molar-refractivity contribution in [1.29, 1.82) is 0 Å². The summed E-state index contributed by atoms with van der Waals surface area (Å²) in [6.07, 6.45) is 1.91. The number of aryl methyl sites for hydroxylation is 2. The van der Waals surface area contributed by atoms with Crippen molar-refractivity contribution in [3.8, 4) is 0 Å². The molecule has 0 bridgehead atoms. The van der Waals surface area contributed by atoms with Gasteiger partial charge in [0.2, 0.25) is 11.8 Å². The lowest BCUT2D eigenvalue weighted by Gasteiger charge is -2.34. The Morgan fingerprint density at radius 3 is 2.14 bits per heavy atom. The van der Waals surface area contributed by atoms with Crippen molar-refractivity contribution in [3.63, 3.8) is 0 Å². The number of carbonyl (C=O) groups is 2. The molecular weight excluding hydrogens is 286 g/mol. The first-order chi connectivity index (χ1) is 10.0. The van der Waals surface area contributed by atoms with Crippen LogP contribution in [0.15, 0.2) is 0 Å². The predicted octanol–water partition coefficient (Wildman–Crippen LogP) is 1.77. The molecule has 1 saturated heterocycles. The number of carbonyl (C=O) groups excluding carboxylic acids is 2. The maximum atomic E-state index is 12.3. The van der Waals surface area contributed by atoms with Crippen molar-refractivity contribution < 1.29 is 9.59 Å². The summed E-state index contributed by atoms with van der Waals surface area (Å²) in [7, 11) is 0. The molecule has 0 spiro atoms. The normalized spacial score (nSPS) is 15.4. The van der Waals surface area contributed by atoms with Gasteiger partial charge in [0.15, 0.2) is 0 Å². The minimum Gasteiger partial charge on any atom is -0.339 e. The number of aromatic nitrogens is 1. The van der Waals surface area contributed by atoms with E-state index in [1.807, 2.05) is 30.6 Å². The van der Waals surface area contributed by atoms with Gasteiger partial charge in [-0.2, -0.15) is 0 Å². The Bertz CT molecular complexity index is 519. The second-order valence-corrected chi connectivity index (χ2v) is 6.72. The molecule has 5 nitrogen and oxygen atoms in total. The van der Waals surface area contributed by atoms with E-state index in [1.165, 1.54) is 0 Å². The van der Waals surface area contributed by atoms with Gasteiger partial charge in [0.1, 0.15) is 0 Å². The van der Waals surface area contributed by atoms with Crippen LogP contribution in [0.2, 0.25) is 0 Å². The number of piperazine rings is 1. The van der Waals surface area contributed by atoms with Crippen LogP contribution in [-0.4, -0.2) is 52.8 Å². The van der Waals surface area contributed by atoms with Crippen LogP contribution in [0.1, 0.15) is 35.3 Å². The van der Waals surface area contributed by atoms with E-state index >= 15 is 0 Å². The smallest absolute Gasteiger partial charge is 0.228 e. The highest BCUT2D eigenvalue weighted by Gasteiger charge is 2.24. The molecule has 1 fully saturated rings. The fourth-order valence-corrected chi connectivity index (χ4v) is 3.49. The molecule has 2 amide bonds. The van der Waals surface area contributed by atoms with Crippen LogP contribution in [0.25, 0.3) is 0 Å². The summed E-state index contributed by atoms with van der Waals surface area (Å²) in [6.45, 7) is 8.53. The van der Waals surface area contributed by atoms with Crippen molar-refractivity contribution in [1.82, 2.24) is 14.8 Å². The fourth-order valence-electron chi connectivity index (χ4n) is 2.56. The topological polar surface area (TPSA) is 53.5 Å². The van der Waals surface area contributed by atoms with Crippen LogP contribution >= 0.6 is 11.3 Å². The van der Waals surface area contributed by atoms with E-state index in [1.54, 1.807) is 11.3 Å². The standard InChI is InChI=1S/C15H23N3O2S/c1-4-5-14(19)17-6-8-18(9-7-17)15(20)10-13-11(2)16-12(3)21-13/h4-10H2,1-3H3. The fraction of sp³-hybridized carbons (Fsp3) is 0.667. The Hall–Kier alpha value is -1.43. The van der Waals surface area contributed by atoms with Crippen LogP contribution in [0.3, 0.4) is 0 Å². The van der Waals surface area contributed by atoms with Gasteiger partial charge in [-0.1, -0.05) is 6.92 Å². The average Bonchev–Trinajstić information content (AvgIpc) is 2.77. The zero-order chi connectivity index (χ0) is 15.4. The third kappa shape index (κ3) is 4.03.